The average Bonchev–Trinajstić information content (AvgIpc) is 2.61. The Labute approximate surface area is 179 Å². The van der Waals surface area contributed by atoms with Crippen molar-refractivity contribution in [3.63, 3.8) is 0 Å². The minimum Gasteiger partial charge on any atom is -0.228 e. The summed E-state index contributed by atoms with van der Waals surface area (Å²) in [6.07, 6.45) is 10.6. The Hall–Kier alpha value is -1.14. The van der Waals surface area contributed by atoms with Crippen molar-refractivity contribution in [3.05, 3.63) is 34.9 Å². The zero-order chi connectivity index (χ0) is 20.2. The number of rotatable bonds is 13. The third kappa shape index (κ3) is 9.87. The summed E-state index contributed by atoms with van der Waals surface area (Å²) in [6, 6.07) is 4.06. The van der Waals surface area contributed by atoms with Gasteiger partial charge in [-0.3, -0.25) is 0 Å². The van der Waals surface area contributed by atoms with Crippen molar-refractivity contribution in [2.75, 3.05) is 11.5 Å². The van der Waals surface area contributed by atoms with Crippen LogP contribution in [0.3, 0.4) is 0 Å². The lowest BCUT2D eigenvalue weighted by atomic mass is 10.1. The van der Waals surface area contributed by atoms with E-state index in [0.717, 1.165) is 44.6 Å². The molecule has 2 aromatic heterocycles. The molecule has 0 spiro atoms. The second-order valence-electron chi connectivity index (χ2n) is 7.39. The van der Waals surface area contributed by atoms with Crippen LogP contribution in [-0.4, -0.2) is 31.4 Å². The van der Waals surface area contributed by atoms with Gasteiger partial charge in [-0.15, -0.1) is 0 Å². The maximum Gasteiger partial charge on any atom is 0.187 e. The second-order valence-corrected chi connectivity index (χ2v) is 9.52. The van der Waals surface area contributed by atoms with Gasteiger partial charge in [0.15, 0.2) is 10.3 Å². The predicted molar refractivity (Wildman–Crippen MR) is 121 cm³/mol. The fraction of sp³-hybridized carbons (Fsp3) is 0.636. The molecule has 0 aliphatic heterocycles. The van der Waals surface area contributed by atoms with E-state index in [1.807, 2.05) is 39.8 Å². The molecule has 0 amide bonds. The van der Waals surface area contributed by atoms with E-state index in [1.54, 1.807) is 23.5 Å². The van der Waals surface area contributed by atoms with E-state index in [4.69, 9.17) is 0 Å². The molecule has 0 N–H and O–H groups in total. The van der Waals surface area contributed by atoms with Crippen LogP contribution < -0.4 is 0 Å². The highest BCUT2D eigenvalue weighted by atomic mass is 32.2. The summed E-state index contributed by atoms with van der Waals surface area (Å²) in [7, 11) is 0. The van der Waals surface area contributed by atoms with Gasteiger partial charge in [0.1, 0.15) is 0 Å². The lowest BCUT2D eigenvalue weighted by Crippen LogP contribution is -1.94. The van der Waals surface area contributed by atoms with Crippen molar-refractivity contribution in [1.82, 2.24) is 19.9 Å². The van der Waals surface area contributed by atoms with Crippen molar-refractivity contribution < 1.29 is 0 Å². The first kappa shape index (κ1) is 23.1. The molecule has 0 fully saturated rings. The number of aromatic nitrogens is 4. The Morgan fingerprint density at radius 1 is 0.500 bits per heavy atom. The van der Waals surface area contributed by atoms with Crippen LogP contribution in [0.2, 0.25) is 0 Å². The molecule has 0 saturated heterocycles. The Morgan fingerprint density at radius 3 is 1.11 bits per heavy atom. The average molecular weight is 419 g/mol. The van der Waals surface area contributed by atoms with Crippen LogP contribution in [0.5, 0.6) is 0 Å². The molecule has 2 heterocycles. The first-order chi connectivity index (χ1) is 13.5. The maximum atomic E-state index is 4.49. The molecule has 6 heteroatoms. The molecule has 4 nitrogen and oxygen atoms in total. The van der Waals surface area contributed by atoms with Crippen LogP contribution in [-0.2, 0) is 0 Å². The Kier molecular flexibility index (Phi) is 10.9. The monoisotopic (exact) mass is 418 g/mol. The molecule has 0 radical (unpaired) electrons. The van der Waals surface area contributed by atoms with E-state index < -0.39 is 0 Å². The fourth-order valence-corrected chi connectivity index (χ4v) is 5.00. The molecule has 0 bridgehead atoms. The maximum absolute atomic E-state index is 4.49. The number of hydrogen-bond acceptors (Lipinski definition) is 6. The zero-order valence-electron chi connectivity index (χ0n) is 17.8. The van der Waals surface area contributed by atoms with Crippen LogP contribution >= 0.6 is 23.5 Å². The van der Waals surface area contributed by atoms with Gasteiger partial charge in [-0.05, 0) is 52.7 Å². The molecule has 0 unspecified atom stereocenters. The largest absolute Gasteiger partial charge is 0.228 e. The smallest absolute Gasteiger partial charge is 0.187 e. The summed E-state index contributed by atoms with van der Waals surface area (Å²) in [5, 5.41) is 1.86. The van der Waals surface area contributed by atoms with Gasteiger partial charge in [0, 0.05) is 34.3 Å². The Morgan fingerprint density at radius 2 is 0.786 bits per heavy atom. The van der Waals surface area contributed by atoms with Crippen molar-refractivity contribution in [1.29, 1.82) is 0 Å². The molecular weight excluding hydrogens is 384 g/mol. The van der Waals surface area contributed by atoms with E-state index in [-0.39, 0.29) is 0 Å². The molecule has 154 valence electrons. The summed E-state index contributed by atoms with van der Waals surface area (Å²) in [4.78, 5) is 17.9. The summed E-state index contributed by atoms with van der Waals surface area (Å²) in [5.74, 6) is 2.25. The van der Waals surface area contributed by atoms with Gasteiger partial charge in [-0.1, -0.05) is 62.0 Å². The lowest BCUT2D eigenvalue weighted by Gasteiger charge is -2.04. The molecule has 28 heavy (non-hydrogen) atoms. The first-order valence-electron chi connectivity index (χ1n) is 10.4. The lowest BCUT2D eigenvalue weighted by molar-refractivity contribution is 0.587. The summed E-state index contributed by atoms with van der Waals surface area (Å²) in [6.45, 7) is 8.15. The number of hydrogen-bond donors (Lipinski definition) is 0. The second kappa shape index (κ2) is 13.2. The Balaban J connectivity index is 1.40. The van der Waals surface area contributed by atoms with Crippen LogP contribution in [0.4, 0.5) is 0 Å². The quantitative estimate of drug-likeness (QED) is 0.210. The van der Waals surface area contributed by atoms with Gasteiger partial charge in [0.05, 0.1) is 0 Å². The van der Waals surface area contributed by atoms with E-state index in [9.17, 15) is 0 Å². The van der Waals surface area contributed by atoms with Gasteiger partial charge < -0.3 is 0 Å². The minimum absolute atomic E-state index is 0.932. The summed E-state index contributed by atoms with van der Waals surface area (Å²) in [5.41, 5.74) is 4.26. The molecule has 0 aliphatic rings. The first-order valence-corrected chi connectivity index (χ1v) is 12.4. The van der Waals surface area contributed by atoms with E-state index in [2.05, 4.69) is 19.9 Å². The van der Waals surface area contributed by atoms with Crippen LogP contribution in [0.25, 0.3) is 0 Å². The molecule has 2 rings (SSSR count). The highest BCUT2D eigenvalue weighted by Crippen LogP contribution is 2.19. The SMILES string of the molecule is Cc1cc(C)nc(SCCCCCCCCCCSc2nc(C)cc(C)n2)n1. The number of unbranched alkanes of at least 4 members (excludes halogenated alkanes) is 7. The normalized spacial score (nSPS) is 11.1. The molecular formula is C22H34N4S2. The zero-order valence-corrected chi connectivity index (χ0v) is 19.5. The fourth-order valence-electron chi connectivity index (χ4n) is 3.11. The molecule has 0 aromatic carbocycles. The molecule has 2 aromatic rings. The van der Waals surface area contributed by atoms with E-state index in [0.29, 0.717) is 0 Å². The van der Waals surface area contributed by atoms with Gasteiger partial charge in [0.2, 0.25) is 0 Å². The predicted octanol–water partition coefficient (Wildman–Crippen LogP) is 6.51. The standard InChI is InChI=1S/C22H34N4S2/c1-17-15-18(2)24-21(23-17)27-13-11-9-7-5-6-8-10-12-14-28-22-25-19(3)16-20(4)26-22/h15-16H,5-14H2,1-4H3. The Bertz CT molecular complexity index is 620. The van der Waals surface area contributed by atoms with Crippen molar-refractivity contribution in [2.24, 2.45) is 0 Å². The molecule has 0 aliphatic carbocycles. The minimum atomic E-state index is 0.932. The van der Waals surface area contributed by atoms with Gasteiger partial charge in [0.25, 0.3) is 0 Å². The van der Waals surface area contributed by atoms with Gasteiger partial charge >= 0.3 is 0 Å². The third-order valence-corrected chi connectivity index (χ3v) is 6.29. The van der Waals surface area contributed by atoms with Crippen molar-refractivity contribution in [2.45, 2.75) is 89.4 Å². The molecule has 0 atom stereocenters. The highest BCUT2D eigenvalue weighted by Gasteiger charge is 2.02. The number of thioether (sulfide) groups is 2. The molecule has 0 saturated carbocycles. The van der Waals surface area contributed by atoms with Crippen LogP contribution in [0.1, 0.15) is 74.1 Å². The summed E-state index contributed by atoms with van der Waals surface area (Å²) < 4.78 is 0. The van der Waals surface area contributed by atoms with E-state index in [1.165, 1.54) is 51.4 Å². The third-order valence-electron chi connectivity index (χ3n) is 4.42. The van der Waals surface area contributed by atoms with Gasteiger partial charge in [-0.25, -0.2) is 19.9 Å². The number of nitrogens with zero attached hydrogens (tertiary/aromatic N) is 4. The van der Waals surface area contributed by atoms with Crippen molar-refractivity contribution in [3.8, 4) is 0 Å². The topological polar surface area (TPSA) is 51.6 Å². The van der Waals surface area contributed by atoms with Gasteiger partial charge in [-0.2, -0.15) is 0 Å². The number of aryl methyl sites for hydroxylation is 4. The highest BCUT2D eigenvalue weighted by molar-refractivity contribution is 7.99. The van der Waals surface area contributed by atoms with Crippen LogP contribution in [0, 0.1) is 27.7 Å². The van der Waals surface area contributed by atoms with Crippen molar-refractivity contribution >= 4 is 23.5 Å². The van der Waals surface area contributed by atoms with Crippen LogP contribution in [0.15, 0.2) is 22.4 Å². The van der Waals surface area contributed by atoms with E-state index >= 15 is 0 Å². The summed E-state index contributed by atoms with van der Waals surface area (Å²) >= 11 is 3.58.